The summed E-state index contributed by atoms with van der Waals surface area (Å²) in [4.78, 5) is 11.9. The summed E-state index contributed by atoms with van der Waals surface area (Å²) in [6.45, 7) is 2.23. The van der Waals surface area contributed by atoms with Crippen molar-refractivity contribution in [3.8, 4) is 0 Å². The smallest absolute Gasteiger partial charge is 0.230 e. The van der Waals surface area contributed by atoms with Gasteiger partial charge < -0.3 is 5.32 Å². The molecule has 0 radical (unpaired) electrons. The van der Waals surface area contributed by atoms with Crippen LogP contribution in [0.15, 0.2) is 8.68 Å². The Hall–Kier alpha value is -0.270. The second-order valence-electron chi connectivity index (χ2n) is 4.76. The molecule has 0 aromatic carbocycles. The van der Waals surface area contributed by atoms with Crippen molar-refractivity contribution in [2.24, 2.45) is 5.92 Å². The van der Waals surface area contributed by atoms with Crippen LogP contribution in [0.1, 0.15) is 32.6 Å². The van der Waals surface area contributed by atoms with E-state index in [1.54, 1.807) is 23.1 Å². The van der Waals surface area contributed by atoms with Gasteiger partial charge in [-0.2, -0.15) is 0 Å². The Morgan fingerprint density at radius 3 is 2.79 bits per heavy atom. The zero-order valence-corrected chi connectivity index (χ0v) is 13.7. The van der Waals surface area contributed by atoms with Crippen LogP contribution in [-0.2, 0) is 4.79 Å². The van der Waals surface area contributed by atoms with Crippen molar-refractivity contribution in [2.45, 2.75) is 47.3 Å². The van der Waals surface area contributed by atoms with E-state index in [-0.39, 0.29) is 5.91 Å². The average molecular weight is 318 g/mol. The lowest BCUT2D eigenvalue weighted by atomic mass is 9.86. The molecule has 0 saturated heterocycles. The van der Waals surface area contributed by atoms with Crippen LogP contribution < -0.4 is 5.32 Å². The lowest BCUT2D eigenvalue weighted by Gasteiger charge is -2.29. The molecule has 1 aromatic heterocycles. The second kappa shape index (κ2) is 7.50. The highest BCUT2D eigenvalue weighted by Crippen LogP contribution is 2.27. The standard InChI is InChI=1S/C12H19N3OS3/c1-8-5-3-4-6-9(8)13-10(16)7-18-12-15-14-11(17-2)19-12/h8-9H,3-7H2,1-2H3,(H,13,16)/t8-,9+/m1/s1. The maximum Gasteiger partial charge on any atom is 0.230 e. The van der Waals surface area contributed by atoms with E-state index in [1.807, 2.05) is 6.26 Å². The normalized spacial score (nSPS) is 23.3. The maximum absolute atomic E-state index is 11.9. The Morgan fingerprint density at radius 1 is 1.37 bits per heavy atom. The van der Waals surface area contributed by atoms with Gasteiger partial charge in [0.05, 0.1) is 5.75 Å². The molecule has 1 saturated carbocycles. The van der Waals surface area contributed by atoms with E-state index in [1.165, 1.54) is 31.0 Å². The summed E-state index contributed by atoms with van der Waals surface area (Å²) in [6, 6.07) is 0.359. The van der Waals surface area contributed by atoms with Gasteiger partial charge in [-0.1, -0.05) is 54.6 Å². The Morgan fingerprint density at radius 2 is 2.11 bits per heavy atom. The Labute approximate surface area is 126 Å². The number of thioether (sulfide) groups is 2. The molecular weight excluding hydrogens is 298 g/mol. The van der Waals surface area contributed by atoms with E-state index < -0.39 is 0 Å². The molecule has 1 fully saturated rings. The van der Waals surface area contributed by atoms with Gasteiger partial charge in [-0.25, -0.2) is 0 Å². The number of hydrogen-bond acceptors (Lipinski definition) is 6. The molecule has 4 nitrogen and oxygen atoms in total. The van der Waals surface area contributed by atoms with E-state index in [0.29, 0.717) is 17.7 Å². The second-order valence-corrected chi connectivity index (χ2v) is 8.02. The highest BCUT2D eigenvalue weighted by molar-refractivity contribution is 8.03. The van der Waals surface area contributed by atoms with Crippen molar-refractivity contribution < 1.29 is 4.79 Å². The molecule has 0 unspecified atom stereocenters. The topological polar surface area (TPSA) is 54.9 Å². The third-order valence-electron chi connectivity index (χ3n) is 3.35. The zero-order valence-electron chi connectivity index (χ0n) is 11.2. The molecule has 7 heteroatoms. The number of hydrogen-bond donors (Lipinski definition) is 1. The monoisotopic (exact) mass is 317 g/mol. The molecule has 0 aliphatic heterocycles. The van der Waals surface area contributed by atoms with E-state index in [0.717, 1.165) is 15.1 Å². The SMILES string of the molecule is CSc1nnc(SCC(=O)N[C@H]2CCCC[C@H]2C)s1. The summed E-state index contributed by atoms with van der Waals surface area (Å²) in [6.07, 6.45) is 6.85. The minimum Gasteiger partial charge on any atom is -0.352 e. The predicted molar refractivity (Wildman–Crippen MR) is 82.0 cm³/mol. The molecule has 1 aliphatic carbocycles. The number of carbonyl (C=O) groups is 1. The summed E-state index contributed by atoms with van der Waals surface area (Å²) in [5, 5.41) is 11.2. The molecule has 19 heavy (non-hydrogen) atoms. The molecule has 2 rings (SSSR count). The molecule has 106 valence electrons. The lowest BCUT2D eigenvalue weighted by Crippen LogP contribution is -2.41. The van der Waals surface area contributed by atoms with Gasteiger partial charge in [-0.3, -0.25) is 4.79 Å². The van der Waals surface area contributed by atoms with Gasteiger partial charge >= 0.3 is 0 Å². The highest BCUT2D eigenvalue weighted by atomic mass is 32.2. The first-order valence-corrected chi connectivity index (χ1v) is 9.51. The largest absolute Gasteiger partial charge is 0.352 e. The first kappa shape index (κ1) is 15.1. The van der Waals surface area contributed by atoms with Gasteiger partial charge in [0.25, 0.3) is 0 Å². The third-order valence-corrected chi connectivity index (χ3v) is 6.38. The third kappa shape index (κ3) is 4.65. The first-order chi connectivity index (χ1) is 9.19. The number of carbonyl (C=O) groups excluding carboxylic acids is 1. The van der Waals surface area contributed by atoms with Crippen LogP contribution >= 0.6 is 34.9 Å². The minimum absolute atomic E-state index is 0.115. The Kier molecular flexibility index (Phi) is 5.97. The van der Waals surface area contributed by atoms with Crippen LogP contribution in [0, 0.1) is 5.92 Å². The molecule has 1 aromatic rings. The quantitative estimate of drug-likeness (QED) is 0.846. The van der Waals surface area contributed by atoms with Crippen LogP contribution in [0.2, 0.25) is 0 Å². The van der Waals surface area contributed by atoms with Crippen LogP contribution in [-0.4, -0.2) is 34.2 Å². The molecule has 1 N–H and O–H groups in total. The first-order valence-electron chi connectivity index (χ1n) is 6.48. The summed E-state index contributed by atoms with van der Waals surface area (Å²) in [7, 11) is 0. The van der Waals surface area contributed by atoms with Gasteiger partial charge in [0.15, 0.2) is 8.68 Å². The van der Waals surface area contributed by atoms with Crippen molar-refractivity contribution in [1.82, 2.24) is 15.5 Å². The van der Waals surface area contributed by atoms with E-state index >= 15 is 0 Å². The average Bonchev–Trinajstić information content (AvgIpc) is 2.87. The van der Waals surface area contributed by atoms with Crippen molar-refractivity contribution >= 4 is 40.8 Å². The molecule has 1 heterocycles. The van der Waals surface area contributed by atoms with Crippen LogP contribution in [0.3, 0.4) is 0 Å². The number of amides is 1. The Bertz CT molecular complexity index is 424. The Balaban J connectivity index is 1.74. The number of nitrogens with one attached hydrogen (secondary N) is 1. The molecule has 1 aliphatic rings. The summed E-state index contributed by atoms with van der Waals surface area (Å²) in [5.74, 6) is 1.16. The van der Waals surface area contributed by atoms with Gasteiger partial charge in [0.2, 0.25) is 5.91 Å². The van der Waals surface area contributed by atoms with E-state index in [4.69, 9.17) is 0 Å². The zero-order chi connectivity index (χ0) is 13.7. The number of aromatic nitrogens is 2. The van der Waals surface area contributed by atoms with Gasteiger partial charge in [-0.15, -0.1) is 10.2 Å². The number of nitrogens with zero attached hydrogens (tertiary/aromatic N) is 2. The predicted octanol–water partition coefficient (Wildman–Crippen LogP) is 3.05. The van der Waals surface area contributed by atoms with Crippen molar-refractivity contribution in [3.05, 3.63) is 0 Å². The molecule has 2 atom stereocenters. The van der Waals surface area contributed by atoms with Crippen molar-refractivity contribution in [2.75, 3.05) is 12.0 Å². The van der Waals surface area contributed by atoms with Crippen molar-refractivity contribution in [1.29, 1.82) is 0 Å². The lowest BCUT2D eigenvalue weighted by molar-refractivity contribution is -0.119. The maximum atomic E-state index is 11.9. The minimum atomic E-state index is 0.115. The molecular formula is C12H19N3OS3. The summed E-state index contributed by atoms with van der Waals surface area (Å²) >= 11 is 4.60. The number of rotatable bonds is 5. The van der Waals surface area contributed by atoms with Crippen LogP contribution in [0.25, 0.3) is 0 Å². The fourth-order valence-electron chi connectivity index (χ4n) is 2.24. The van der Waals surface area contributed by atoms with Crippen LogP contribution in [0.4, 0.5) is 0 Å². The molecule has 0 bridgehead atoms. The van der Waals surface area contributed by atoms with E-state index in [9.17, 15) is 4.79 Å². The summed E-state index contributed by atoms with van der Waals surface area (Å²) < 4.78 is 1.82. The fourth-order valence-corrected chi connectivity index (χ4v) is 4.49. The molecule has 1 amide bonds. The molecule has 0 spiro atoms. The van der Waals surface area contributed by atoms with Gasteiger partial charge in [-0.05, 0) is 25.0 Å². The van der Waals surface area contributed by atoms with Gasteiger partial charge in [0, 0.05) is 6.04 Å². The van der Waals surface area contributed by atoms with Crippen molar-refractivity contribution in [3.63, 3.8) is 0 Å². The van der Waals surface area contributed by atoms with Gasteiger partial charge in [0.1, 0.15) is 0 Å². The fraction of sp³-hybridized carbons (Fsp3) is 0.750. The summed E-state index contributed by atoms with van der Waals surface area (Å²) in [5.41, 5.74) is 0. The van der Waals surface area contributed by atoms with E-state index in [2.05, 4.69) is 22.4 Å². The van der Waals surface area contributed by atoms with Crippen LogP contribution in [0.5, 0.6) is 0 Å². The highest BCUT2D eigenvalue weighted by Gasteiger charge is 2.22.